The van der Waals surface area contributed by atoms with Crippen LogP contribution in [-0.2, 0) is 0 Å². The number of halogens is 2. The van der Waals surface area contributed by atoms with Crippen molar-refractivity contribution in [2.75, 3.05) is 50.8 Å². The molecule has 0 unspecified atom stereocenters. The zero-order valence-corrected chi connectivity index (χ0v) is 21.1. The second-order valence-corrected chi connectivity index (χ2v) is 9.25. The van der Waals surface area contributed by atoms with Crippen molar-refractivity contribution in [2.45, 2.75) is 13.8 Å². The number of alkyl halides is 1. The highest BCUT2D eigenvalue weighted by Crippen LogP contribution is 2.35. The van der Waals surface area contributed by atoms with Gasteiger partial charge in [-0.3, -0.25) is 10.3 Å². The van der Waals surface area contributed by atoms with Crippen LogP contribution in [0.1, 0.15) is 18.7 Å². The molecular weight excluding hydrogens is 482 g/mol. The van der Waals surface area contributed by atoms with E-state index >= 15 is 0 Å². The Balaban J connectivity index is 1.82. The molecule has 11 heteroatoms. The summed E-state index contributed by atoms with van der Waals surface area (Å²) in [6.07, 6.45) is 1.91. The molecule has 36 heavy (non-hydrogen) atoms. The predicted molar refractivity (Wildman–Crippen MR) is 140 cm³/mol. The van der Waals surface area contributed by atoms with Crippen LogP contribution in [0.2, 0.25) is 0 Å². The maximum atomic E-state index is 13.9. The zero-order chi connectivity index (χ0) is 25.7. The van der Waals surface area contributed by atoms with Crippen molar-refractivity contribution in [2.24, 2.45) is 4.99 Å². The molecule has 188 valence electrons. The molecule has 1 fully saturated rings. The van der Waals surface area contributed by atoms with E-state index in [1.807, 2.05) is 19.9 Å². The number of thiazole rings is 1. The molecule has 0 radical (unpaired) electrons. The molecule has 0 spiro atoms. The fourth-order valence-electron chi connectivity index (χ4n) is 4.05. The van der Waals surface area contributed by atoms with Crippen molar-refractivity contribution in [3.8, 4) is 17.3 Å². The van der Waals surface area contributed by atoms with Gasteiger partial charge in [-0.2, -0.15) is 5.26 Å². The minimum atomic E-state index is -0.675. The molecule has 8 nitrogen and oxygen atoms in total. The van der Waals surface area contributed by atoms with Crippen molar-refractivity contribution in [3.63, 3.8) is 0 Å². The van der Waals surface area contributed by atoms with Crippen molar-refractivity contribution in [3.05, 3.63) is 58.1 Å². The Morgan fingerprint density at radius 2 is 2.03 bits per heavy atom. The molecule has 0 aliphatic carbocycles. The van der Waals surface area contributed by atoms with Crippen LogP contribution >= 0.6 is 11.3 Å². The molecule has 2 aliphatic heterocycles. The summed E-state index contributed by atoms with van der Waals surface area (Å²) in [5.74, 6) is 0.840. The maximum Gasteiger partial charge on any atom is 0.192 e. The number of nitrogens with one attached hydrogen (secondary N) is 3. The van der Waals surface area contributed by atoms with E-state index in [1.54, 1.807) is 17.0 Å². The molecule has 2 aromatic rings. The number of nitriles is 1. The van der Waals surface area contributed by atoms with E-state index in [2.05, 4.69) is 26.6 Å². The van der Waals surface area contributed by atoms with Gasteiger partial charge < -0.3 is 15.5 Å². The summed E-state index contributed by atoms with van der Waals surface area (Å²) >= 11 is 1.12. The fourth-order valence-corrected chi connectivity index (χ4v) is 4.97. The van der Waals surface area contributed by atoms with Crippen LogP contribution in [0.3, 0.4) is 0 Å². The molecule has 1 aromatic carbocycles. The van der Waals surface area contributed by atoms with E-state index in [0.29, 0.717) is 39.3 Å². The summed E-state index contributed by atoms with van der Waals surface area (Å²) < 4.78 is 27.3. The van der Waals surface area contributed by atoms with Crippen LogP contribution in [0.4, 0.5) is 13.9 Å². The third kappa shape index (κ3) is 5.29. The van der Waals surface area contributed by atoms with Crippen LogP contribution in [0, 0.1) is 22.6 Å². The molecule has 4 rings (SSSR count). The first-order valence-corrected chi connectivity index (χ1v) is 12.6. The van der Waals surface area contributed by atoms with Gasteiger partial charge in [-0.15, -0.1) is 0 Å². The molecule has 2 aliphatic rings. The van der Waals surface area contributed by atoms with Gasteiger partial charge in [0.1, 0.15) is 46.5 Å². The quantitative estimate of drug-likeness (QED) is 0.525. The first-order chi connectivity index (χ1) is 17.5. The minimum Gasteiger partial charge on any atom is -0.370 e. The van der Waals surface area contributed by atoms with Gasteiger partial charge in [0.05, 0.1) is 12.3 Å². The number of rotatable bonds is 7. The normalized spacial score (nSPS) is 17.3. The highest BCUT2D eigenvalue weighted by molar-refractivity contribution is 7.16. The second kappa shape index (κ2) is 11.4. The van der Waals surface area contributed by atoms with Gasteiger partial charge in [0.15, 0.2) is 5.13 Å². The van der Waals surface area contributed by atoms with E-state index in [9.17, 15) is 14.0 Å². The number of benzene rings is 1. The summed E-state index contributed by atoms with van der Waals surface area (Å²) in [7, 11) is 0. The number of allylic oxidation sites excluding steroid dienone is 1. The van der Waals surface area contributed by atoms with Crippen LogP contribution < -0.4 is 15.5 Å². The molecule has 1 saturated heterocycles. The Hall–Kier alpha value is -3.62. The summed E-state index contributed by atoms with van der Waals surface area (Å²) in [6.45, 7) is 6.87. The largest absolute Gasteiger partial charge is 0.370 e. The van der Waals surface area contributed by atoms with Crippen LogP contribution in [0.15, 0.2) is 52.4 Å². The van der Waals surface area contributed by atoms with Gasteiger partial charge in [0.2, 0.25) is 0 Å². The van der Waals surface area contributed by atoms with E-state index < -0.39 is 6.67 Å². The van der Waals surface area contributed by atoms with E-state index in [-0.39, 0.29) is 18.1 Å². The van der Waals surface area contributed by atoms with Crippen LogP contribution in [0.25, 0.3) is 11.3 Å². The first-order valence-electron chi connectivity index (χ1n) is 11.8. The fraction of sp³-hybridized carbons (Fsp3) is 0.360. The average Bonchev–Trinajstić information content (AvgIpc) is 3.33. The zero-order valence-electron chi connectivity index (χ0n) is 20.2. The molecule has 0 saturated carbocycles. The number of aliphatic imine (C=N–C) groups is 1. The Bertz CT molecular complexity index is 1250. The van der Waals surface area contributed by atoms with E-state index in [4.69, 9.17) is 10.4 Å². The lowest BCUT2D eigenvalue weighted by molar-refractivity contribution is 0.358. The van der Waals surface area contributed by atoms with Gasteiger partial charge in [-0.1, -0.05) is 11.3 Å². The number of nitrogens with zero attached hydrogens (tertiary/aromatic N) is 5. The minimum absolute atomic E-state index is 0.0401. The SMILES string of the molecule is CCN/C(=C1/N=C(N2CCNCC2)C=C(C)C1=N)N(CCF)c1nc(-c2ccc(F)cc2)c(C#N)s1. The number of piperazine rings is 1. The number of amidine groups is 1. The Labute approximate surface area is 213 Å². The van der Waals surface area contributed by atoms with Crippen LogP contribution in [-0.4, -0.2) is 67.4 Å². The first kappa shape index (κ1) is 25.5. The molecule has 3 heterocycles. The van der Waals surface area contributed by atoms with E-state index in [0.717, 1.165) is 48.9 Å². The van der Waals surface area contributed by atoms with E-state index in [1.165, 1.54) is 12.1 Å². The Morgan fingerprint density at radius 3 is 2.67 bits per heavy atom. The Kier molecular flexibility index (Phi) is 8.07. The lowest BCUT2D eigenvalue weighted by atomic mass is 10.0. The molecule has 0 atom stereocenters. The second-order valence-electron chi connectivity index (χ2n) is 8.27. The standard InChI is InChI=1S/C25H28F2N8S/c1-3-31-24(23-21(29)16(2)14-20(32-23)34-12-9-30-10-13-34)35(11-8-26)25-33-22(19(15-28)36-25)17-4-6-18(27)7-5-17/h4-7,14,29-31H,3,8-13H2,1-2H3/b24-23-,29-21?. The number of dihydropyridines is 1. The molecule has 0 amide bonds. The van der Waals surface area contributed by atoms with Crippen molar-refractivity contribution < 1.29 is 8.78 Å². The van der Waals surface area contributed by atoms with Crippen molar-refractivity contribution in [1.29, 1.82) is 10.7 Å². The number of aromatic nitrogens is 1. The highest BCUT2D eigenvalue weighted by atomic mass is 32.1. The van der Waals surface area contributed by atoms with Crippen molar-refractivity contribution >= 4 is 28.0 Å². The monoisotopic (exact) mass is 510 g/mol. The number of anilines is 1. The van der Waals surface area contributed by atoms with Gasteiger partial charge in [0.25, 0.3) is 0 Å². The molecular formula is C25H28F2N8S. The van der Waals surface area contributed by atoms with Gasteiger partial charge in [-0.05, 0) is 49.8 Å². The average molecular weight is 511 g/mol. The van der Waals surface area contributed by atoms with Gasteiger partial charge in [-0.25, -0.2) is 18.8 Å². The Morgan fingerprint density at radius 1 is 1.31 bits per heavy atom. The lowest BCUT2D eigenvalue weighted by Crippen LogP contribution is -2.47. The number of hydrogen-bond acceptors (Lipinski definition) is 9. The summed E-state index contributed by atoms with van der Waals surface area (Å²) in [5, 5.41) is 25.5. The smallest absolute Gasteiger partial charge is 0.192 e. The molecule has 0 bridgehead atoms. The highest BCUT2D eigenvalue weighted by Gasteiger charge is 2.28. The lowest BCUT2D eigenvalue weighted by Gasteiger charge is -2.32. The van der Waals surface area contributed by atoms with Gasteiger partial charge in [0, 0.05) is 38.3 Å². The number of hydrogen-bond donors (Lipinski definition) is 3. The topological polar surface area (TPSA) is 103 Å². The third-order valence-electron chi connectivity index (χ3n) is 5.86. The molecule has 1 aromatic heterocycles. The maximum absolute atomic E-state index is 13.9. The summed E-state index contributed by atoms with van der Waals surface area (Å²) in [6, 6.07) is 7.90. The predicted octanol–water partition coefficient (Wildman–Crippen LogP) is 3.66. The summed E-state index contributed by atoms with van der Waals surface area (Å²) in [5.41, 5.74) is 2.40. The van der Waals surface area contributed by atoms with Gasteiger partial charge >= 0.3 is 0 Å². The third-order valence-corrected chi connectivity index (χ3v) is 6.84. The van der Waals surface area contributed by atoms with Crippen molar-refractivity contribution in [1.82, 2.24) is 20.5 Å². The van der Waals surface area contributed by atoms with Crippen LogP contribution in [0.5, 0.6) is 0 Å². The summed E-state index contributed by atoms with van der Waals surface area (Å²) in [4.78, 5) is 13.6. The molecule has 3 N–H and O–H groups in total.